The van der Waals surface area contributed by atoms with Crippen LogP contribution in [0.3, 0.4) is 0 Å². The summed E-state index contributed by atoms with van der Waals surface area (Å²) in [5.74, 6) is -1.45. The Morgan fingerprint density at radius 3 is 2.55 bits per heavy atom. The highest BCUT2D eigenvalue weighted by atomic mass is 16.4. The monoisotopic (exact) mass is 271 g/mol. The molecule has 4 nitrogen and oxygen atoms in total. The summed E-state index contributed by atoms with van der Waals surface area (Å²) in [6.07, 6.45) is 8.89. The minimum Gasteiger partial charge on any atom is -0.478 e. The molecule has 0 saturated heterocycles. The summed E-state index contributed by atoms with van der Waals surface area (Å²) in [4.78, 5) is 23.2. The van der Waals surface area contributed by atoms with Gasteiger partial charge in [-0.15, -0.1) is 0 Å². The highest BCUT2D eigenvalue weighted by molar-refractivity contribution is 6.04. The van der Waals surface area contributed by atoms with Crippen LogP contribution in [0, 0.1) is 5.41 Å². The number of aromatic carboxylic acids is 1. The Morgan fingerprint density at radius 2 is 1.95 bits per heavy atom. The molecule has 1 aromatic rings. The van der Waals surface area contributed by atoms with E-state index in [0.29, 0.717) is 6.54 Å². The second kappa shape index (κ2) is 5.74. The molecule has 0 heterocycles. The topological polar surface area (TPSA) is 66.4 Å². The van der Waals surface area contributed by atoms with E-state index in [1.807, 2.05) is 12.2 Å². The minimum atomic E-state index is -1.09. The van der Waals surface area contributed by atoms with Gasteiger partial charge in [0.05, 0.1) is 11.1 Å². The number of rotatable bonds is 4. The van der Waals surface area contributed by atoms with Gasteiger partial charge in [-0.3, -0.25) is 4.79 Å². The zero-order chi connectivity index (χ0) is 14.6. The quantitative estimate of drug-likeness (QED) is 0.884. The van der Waals surface area contributed by atoms with Crippen molar-refractivity contribution in [1.82, 2.24) is 5.32 Å². The van der Waals surface area contributed by atoms with Crippen molar-refractivity contribution in [2.75, 3.05) is 6.54 Å². The van der Waals surface area contributed by atoms with Crippen molar-refractivity contribution in [2.24, 2.45) is 5.41 Å². The summed E-state index contributed by atoms with van der Waals surface area (Å²) in [5, 5.41) is 11.9. The van der Waals surface area contributed by atoms with Crippen molar-refractivity contribution in [3.8, 4) is 0 Å². The fraction of sp³-hybridized carbons (Fsp3) is 0.250. The van der Waals surface area contributed by atoms with E-state index in [1.54, 1.807) is 12.1 Å². The van der Waals surface area contributed by atoms with Crippen LogP contribution in [0.5, 0.6) is 0 Å². The largest absolute Gasteiger partial charge is 0.478 e. The summed E-state index contributed by atoms with van der Waals surface area (Å²) in [7, 11) is 0. The van der Waals surface area contributed by atoms with Gasteiger partial charge in [-0.2, -0.15) is 0 Å². The normalized spacial score (nSPS) is 20.6. The smallest absolute Gasteiger partial charge is 0.336 e. The molecule has 0 bridgehead atoms. The Kier molecular flexibility index (Phi) is 4.03. The number of hydrogen-bond acceptors (Lipinski definition) is 2. The van der Waals surface area contributed by atoms with E-state index in [2.05, 4.69) is 24.4 Å². The molecule has 1 aliphatic carbocycles. The van der Waals surface area contributed by atoms with Crippen LogP contribution in [0.2, 0.25) is 0 Å². The maximum Gasteiger partial charge on any atom is 0.336 e. The van der Waals surface area contributed by atoms with E-state index in [0.717, 1.165) is 6.42 Å². The van der Waals surface area contributed by atoms with Crippen LogP contribution >= 0.6 is 0 Å². The van der Waals surface area contributed by atoms with Crippen LogP contribution in [0.15, 0.2) is 48.6 Å². The molecule has 1 atom stereocenters. The van der Waals surface area contributed by atoms with Gasteiger partial charge in [0, 0.05) is 12.0 Å². The number of carbonyl (C=O) groups is 2. The number of benzene rings is 1. The average molecular weight is 271 g/mol. The number of allylic oxidation sites excluding steroid dienone is 3. The number of hydrogen-bond donors (Lipinski definition) is 2. The van der Waals surface area contributed by atoms with Gasteiger partial charge in [0.2, 0.25) is 0 Å². The maximum atomic E-state index is 12.1. The number of nitrogens with one attached hydrogen (secondary N) is 1. The van der Waals surface area contributed by atoms with Crippen LogP contribution in [-0.4, -0.2) is 23.5 Å². The third kappa shape index (κ3) is 3.15. The highest BCUT2D eigenvalue weighted by Crippen LogP contribution is 2.26. The van der Waals surface area contributed by atoms with Crippen molar-refractivity contribution in [3.63, 3.8) is 0 Å². The van der Waals surface area contributed by atoms with Gasteiger partial charge >= 0.3 is 5.97 Å². The predicted octanol–water partition coefficient (Wildman–Crippen LogP) is 2.64. The molecule has 4 heteroatoms. The van der Waals surface area contributed by atoms with Crippen molar-refractivity contribution < 1.29 is 14.7 Å². The Morgan fingerprint density at radius 1 is 1.25 bits per heavy atom. The molecule has 0 aliphatic heterocycles. The zero-order valence-corrected chi connectivity index (χ0v) is 11.3. The lowest BCUT2D eigenvalue weighted by Gasteiger charge is -2.26. The minimum absolute atomic E-state index is 0.0224. The lowest BCUT2D eigenvalue weighted by atomic mass is 9.83. The molecular weight excluding hydrogens is 254 g/mol. The van der Waals surface area contributed by atoms with E-state index < -0.39 is 5.97 Å². The van der Waals surface area contributed by atoms with Gasteiger partial charge in [-0.25, -0.2) is 4.79 Å². The molecule has 0 saturated carbocycles. The second-order valence-electron chi connectivity index (χ2n) is 5.18. The van der Waals surface area contributed by atoms with Crippen molar-refractivity contribution in [2.45, 2.75) is 13.3 Å². The molecule has 0 spiro atoms. The molecule has 0 fully saturated rings. The van der Waals surface area contributed by atoms with Crippen LogP contribution in [0.1, 0.15) is 34.1 Å². The summed E-state index contributed by atoms with van der Waals surface area (Å²) in [6, 6.07) is 6.22. The fourth-order valence-electron chi connectivity index (χ4n) is 2.15. The third-order valence-corrected chi connectivity index (χ3v) is 3.38. The molecule has 1 aliphatic rings. The zero-order valence-electron chi connectivity index (χ0n) is 11.3. The first-order chi connectivity index (χ1) is 9.52. The van der Waals surface area contributed by atoms with Crippen LogP contribution in [0.4, 0.5) is 0 Å². The van der Waals surface area contributed by atoms with Gasteiger partial charge < -0.3 is 10.4 Å². The molecule has 1 aromatic carbocycles. The van der Waals surface area contributed by atoms with Crippen molar-refractivity contribution in [3.05, 3.63) is 59.7 Å². The number of carbonyl (C=O) groups excluding carboxylic acids is 1. The van der Waals surface area contributed by atoms with Crippen LogP contribution < -0.4 is 5.32 Å². The molecule has 2 N–H and O–H groups in total. The van der Waals surface area contributed by atoms with Gasteiger partial charge in [0.1, 0.15) is 0 Å². The standard InChI is InChI=1S/C16H17NO3/c1-16(9-5-2-6-10-16)11-17-14(18)12-7-3-4-8-13(12)15(19)20/h2-9H,10-11H2,1H3,(H,17,18)(H,19,20). The summed E-state index contributed by atoms with van der Waals surface area (Å²) in [5.41, 5.74) is 0.0935. The first-order valence-electron chi connectivity index (χ1n) is 6.47. The van der Waals surface area contributed by atoms with Gasteiger partial charge in [-0.1, -0.05) is 43.4 Å². The Balaban J connectivity index is 2.08. The molecule has 104 valence electrons. The van der Waals surface area contributed by atoms with E-state index in [4.69, 9.17) is 5.11 Å². The van der Waals surface area contributed by atoms with Crippen molar-refractivity contribution in [1.29, 1.82) is 0 Å². The second-order valence-corrected chi connectivity index (χ2v) is 5.18. The molecule has 0 radical (unpaired) electrons. The molecule has 1 amide bonds. The van der Waals surface area contributed by atoms with E-state index >= 15 is 0 Å². The third-order valence-electron chi connectivity index (χ3n) is 3.38. The van der Waals surface area contributed by atoms with Crippen LogP contribution in [0.25, 0.3) is 0 Å². The highest BCUT2D eigenvalue weighted by Gasteiger charge is 2.23. The summed E-state index contributed by atoms with van der Waals surface area (Å²) in [6.45, 7) is 2.52. The van der Waals surface area contributed by atoms with Gasteiger partial charge in [0.15, 0.2) is 0 Å². The Bertz CT molecular complexity index is 589. The van der Waals surface area contributed by atoms with E-state index in [9.17, 15) is 9.59 Å². The Labute approximate surface area is 117 Å². The maximum absolute atomic E-state index is 12.1. The number of carboxylic acid groups (broad SMARTS) is 1. The fourth-order valence-corrected chi connectivity index (χ4v) is 2.15. The molecular formula is C16H17NO3. The van der Waals surface area contributed by atoms with Crippen molar-refractivity contribution >= 4 is 11.9 Å². The summed E-state index contributed by atoms with van der Waals surface area (Å²) < 4.78 is 0. The SMILES string of the molecule is CC1(CNC(=O)c2ccccc2C(=O)O)C=CC=CC1. The van der Waals surface area contributed by atoms with Gasteiger partial charge in [-0.05, 0) is 18.6 Å². The number of amides is 1. The first kappa shape index (κ1) is 14.1. The average Bonchev–Trinajstić information content (AvgIpc) is 2.45. The van der Waals surface area contributed by atoms with Crippen LogP contribution in [-0.2, 0) is 0 Å². The van der Waals surface area contributed by atoms with E-state index in [-0.39, 0.29) is 22.4 Å². The lowest BCUT2D eigenvalue weighted by Crippen LogP contribution is -2.35. The molecule has 0 aromatic heterocycles. The first-order valence-corrected chi connectivity index (χ1v) is 6.47. The van der Waals surface area contributed by atoms with Gasteiger partial charge in [0.25, 0.3) is 5.91 Å². The predicted molar refractivity (Wildman–Crippen MR) is 76.7 cm³/mol. The Hall–Kier alpha value is -2.36. The summed E-state index contributed by atoms with van der Waals surface area (Å²) >= 11 is 0. The number of carboxylic acids is 1. The van der Waals surface area contributed by atoms with E-state index in [1.165, 1.54) is 12.1 Å². The lowest BCUT2D eigenvalue weighted by molar-refractivity contribution is 0.0690. The molecule has 1 unspecified atom stereocenters. The molecule has 2 rings (SSSR count). The molecule has 20 heavy (non-hydrogen) atoms.